The van der Waals surface area contributed by atoms with E-state index in [0.717, 1.165) is 0 Å². The van der Waals surface area contributed by atoms with E-state index in [4.69, 9.17) is 9.47 Å². The van der Waals surface area contributed by atoms with Crippen molar-refractivity contribution in [1.82, 2.24) is 9.97 Å². The molecule has 1 aromatic carbocycles. The van der Waals surface area contributed by atoms with Gasteiger partial charge in [0.1, 0.15) is 0 Å². The van der Waals surface area contributed by atoms with Crippen molar-refractivity contribution >= 4 is 0 Å². The van der Waals surface area contributed by atoms with E-state index >= 15 is 0 Å². The predicted molar refractivity (Wildman–Crippen MR) is 60.5 cm³/mol. The molecule has 0 amide bonds. The van der Waals surface area contributed by atoms with Crippen molar-refractivity contribution in [2.24, 2.45) is 0 Å². The second-order valence-electron chi connectivity index (χ2n) is 3.31. The van der Waals surface area contributed by atoms with Gasteiger partial charge in [0, 0.05) is 18.0 Å². The van der Waals surface area contributed by atoms with Crippen LogP contribution in [0.4, 0.5) is 4.39 Å². The molecule has 2 rings (SSSR count). The quantitative estimate of drug-likeness (QED) is 0.817. The zero-order valence-corrected chi connectivity index (χ0v) is 9.48. The Hall–Kier alpha value is -2.17. The van der Waals surface area contributed by atoms with Crippen LogP contribution in [0.3, 0.4) is 0 Å². The van der Waals surface area contributed by atoms with E-state index in [1.54, 1.807) is 24.5 Å². The number of aromatic nitrogens is 2. The van der Waals surface area contributed by atoms with E-state index in [9.17, 15) is 4.39 Å². The third kappa shape index (κ3) is 2.33. The maximum atomic E-state index is 13.5. The van der Waals surface area contributed by atoms with Gasteiger partial charge in [0.05, 0.1) is 14.2 Å². The number of benzene rings is 1. The number of rotatable bonds is 3. The number of hydrogen-bond acceptors (Lipinski definition) is 4. The second-order valence-corrected chi connectivity index (χ2v) is 3.31. The summed E-state index contributed by atoms with van der Waals surface area (Å²) in [4.78, 5) is 7.92. The summed E-state index contributed by atoms with van der Waals surface area (Å²) in [6.07, 6.45) is 3.15. The molecule has 0 aliphatic heterocycles. The topological polar surface area (TPSA) is 44.2 Å². The molecule has 0 unspecified atom stereocenters. The lowest BCUT2D eigenvalue weighted by atomic mass is 10.1. The molecule has 0 saturated heterocycles. The zero-order valence-electron chi connectivity index (χ0n) is 9.48. The molecule has 0 aliphatic rings. The van der Waals surface area contributed by atoms with Crippen molar-refractivity contribution in [2.45, 2.75) is 0 Å². The molecule has 0 aliphatic carbocycles. The molecule has 1 aromatic heterocycles. The number of nitrogens with zero attached hydrogens (tertiary/aromatic N) is 2. The Bertz CT molecular complexity index is 514. The molecule has 0 spiro atoms. The molecule has 0 N–H and O–H groups in total. The first kappa shape index (κ1) is 11.3. The summed E-state index contributed by atoms with van der Waals surface area (Å²) in [5, 5.41) is 0. The van der Waals surface area contributed by atoms with Gasteiger partial charge in [-0.1, -0.05) is 6.07 Å². The van der Waals surface area contributed by atoms with Crippen molar-refractivity contribution in [3.63, 3.8) is 0 Å². The smallest absolute Gasteiger partial charge is 0.316 e. The minimum Gasteiger partial charge on any atom is -0.494 e. The SMILES string of the molecule is COc1ncc(-c2ccc(OC)c(F)c2)cn1. The van der Waals surface area contributed by atoms with Crippen molar-refractivity contribution in [2.75, 3.05) is 14.2 Å². The van der Waals surface area contributed by atoms with E-state index in [2.05, 4.69) is 9.97 Å². The van der Waals surface area contributed by atoms with Crippen LogP contribution in [0, 0.1) is 5.82 Å². The largest absolute Gasteiger partial charge is 0.494 e. The number of methoxy groups -OCH3 is 2. The van der Waals surface area contributed by atoms with Gasteiger partial charge >= 0.3 is 6.01 Å². The molecule has 4 nitrogen and oxygen atoms in total. The van der Waals surface area contributed by atoms with Crippen LogP contribution >= 0.6 is 0 Å². The molecule has 17 heavy (non-hydrogen) atoms. The van der Waals surface area contributed by atoms with Gasteiger partial charge in [0.2, 0.25) is 0 Å². The Morgan fingerprint density at radius 2 is 1.71 bits per heavy atom. The fourth-order valence-corrected chi connectivity index (χ4v) is 1.42. The van der Waals surface area contributed by atoms with E-state index in [1.807, 2.05) is 0 Å². The summed E-state index contributed by atoms with van der Waals surface area (Å²) < 4.78 is 23.2. The summed E-state index contributed by atoms with van der Waals surface area (Å²) in [6, 6.07) is 4.97. The van der Waals surface area contributed by atoms with Gasteiger partial charge in [0.15, 0.2) is 11.6 Å². The number of ether oxygens (including phenoxy) is 2. The Labute approximate surface area is 98.1 Å². The average Bonchev–Trinajstić information content (AvgIpc) is 2.39. The predicted octanol–water partition coefficient (Wildman–Crippen LogP) is 2.30. The Balaban J connectivity index is 2.35. The molecule has 0 atom stereocenters. The van der Waals surface area contributed by atoms with Crippen LogP contribution in [0.5, 0.6) is 11.8 Å². The highest BCUT2D eigenvalue weighted by Crippen LogP contribution is 2.24. The van der Waals surface area contributed by atoms with Crippen LogP contribution in [0.25, 0.3) is 11.1 Å². The molecule has 0 radical (unpaired) electrons. The average molecular weight is 234 g/mol. The van der Waals surface area contributed by atoms with Crippen LogP contribution in [0.1, 0.15) is 0 Å². The number of hydrogen-bond donors (Lipinski definition) is 0. The summed E-state index contributed by atoms with van der Waals surface area (Å²) in [7, 11) is 2.91. The lowest BCUT2D eigenvalue weighted by Crippen LogP contribution is -1.92. The molecule has 5 heteroatoms. The molecular weight excluding hydrogens is 223 g/mol. The van der Waals surface area contributed by atoms with Gasteiger partial charge in [-0.05, 0) is 17.7 Å². The fourth-order valence-electron chi connectivity index (χ4n) is 1.42. The minimum atomic E-state index is -0.416. The van der Waals surface area contributed by atoms with Gasteiger partial charge in [-0.2, -0.15) is 0 Å². The van der Waals surface area contributed by atoms with Crippen LogP contribution in [0.15, 0.2) is 30.6 Å². The lowest BCUT2D eigenvalue weighted by molar-refractivity contribution is 0.380. The first-order chi connectivity index (χ1) is 8.24. The molecular formula is C12H11FN2O2. The van der Waals surface area contributed by atoms with E-state index in [0.29, 0.717) is 11.1 Å². The second kappa shape index (κ2) is 4.78. The molecule has 2 aromatic rings. The minimum absolute atomic E-state index is 0.211. The monoisotopic (exact) mass is 234 g/mol. The van der Waals surface area contributed by atoms with Crippen LogP contribution in [-0.4, -0.2) is 24.2 Å². The van der Waals surface area contributed by atoms with Crippen molar-refractivity contribution < 1.29 is 13.9 Å². The summed E-state index contributed by atoms with van der Waals surface area (Å²) in [5.41, 5.74) is 1.40. The molecule has 0 fully saturated rings. The van der Waals surface area contributed by atoms with Gasteiger partial charge < -0.3 is 9.47 Å². The Kier molecular flexibility index (Phi) is 3.18. The Morgan fingerprint density at radius 3 is 2.24 bits per heavy atom. The van der Waals surface area contributed by atoms with E-state index < -0.39 is 5.82 Å². The summed E-state index contributed by atoms with van der Waals surface area (Å²) in [5.74, 6) is -0.205. The zero-order chi connectivity index (χ0) is 12.3. The van der Waals surface area contributed by atoms with E-state index in [1.165, 1.54) is 20.3 Å². The van der Waals surface area contributed by atoms with Crippen molar-refractivity contribution in [1.29, 1.82) is 0 Å². The third-order valence-corrected chi connectivity index (χ3v) is 2.30. The summed E-state index contributed by atoms with van der Waals surface area (Å²) in [6.45, 7) is 0. The molecule has 0 saturated carbocycles. The van der Waals surface area contributed by atoms with Crippen LogP contribution in [0.2, 0.25) is 0 Å². The highest BCUT2D eigenvalue weighted by molar-refractivity contribution is 5.62. The van der Waals surface area contributed by atoms with Crippen molar-refractivity contribution in [3.05, 3.63) is 36.4 Å². The van der Waals surface area contributed by atoms with Crippen LogP contribution < -0.4 is 9.47 Å². The standard InChI is InChI=1S/C12H11FN2O2/c1-16-11-4-3-8(5-10(11)13)9-6-14-12(17-2)15-7-9/h3-7H,1-2H3. The van der Waals surface area contributed by atoms with E-state index in [-0.39, 0.29) is 11.8 Å². The third-order valence-electron chi connectivity index (χ3n) is 2.30. The first-order valence-corrected chi connectivity index (χ1v) is 4.94. The molecule has 88 valence electrons. The van der Waals surface area contributed by atoms with Gasteiger partial charge in [-0.3, -0.25) is 0 Å². The first-order valence-electron chi connectivity index (χ1n) is 4.94. The van der Waals surface area contributed by atoms with Crippen molar-refractivity contribution in [3.8, 4) is 22.9 Å². The maximum Gasteiger partial charge on any atom is 0.316 e. The van der Waals surface area contributed by atoms with Gasteiger partial charge in [-0.25, -0.2) is 14.4 Å². The summed E-state index contributed by atoms with van der Waals surface area (Å²) >= 11 is 0. The maximum absolute atomic E-state index is 13.5. The Morgan fingerprint density at radius 1 is 1.00 bits per heavy atom. The van der Waals surface area contributed by atoms with Crippen LogP contribution in [-0.2, 0) is 0 Å². The highest BCUT2D eigenvalue weighted by Gasteiger charge is 2.06. The lowest BCUT2D eigenvalue weighted by Gasteiger charge is -2.05. The number of halogens is 1. The molecule has 0 bridgehead atoms. The van der Waals surface area contributed by atoms with Gasteiger partial charge in [0.25, 0.3) is 0 Å². The normalized spacial score (nSPS) is 10.1. The highest BCUT2D eigenvalue weighted by atomic mass is 19.1. The molecule has 1 heterocycles. The van der Waals surface area contributed by atoms with Gasteiger partial charge in [-0.15, -0.1) is 0 Å². The fraction of sp³-hybridized carbons (Fsp3) is 0.167.